The first-order chi connectivity index (χ1) is 9.22. The van der Waals surface area contributed by atoms with E-state index in [1.54, 1.807) is 0 Å². The van der Waals surface area contributed by atoms with E-state index in [-0.39, 0.29) is 12.1 Å². The van der Waals surface area contributed by atoms with E-state index in [4.69, 9.17) is 10.00 Å². The average molecular weight is 257 g/mol. The van der Waals surface area contributed by atoms with Crippen LogP contribution >= 0.6 is 0 Å². The number of esters is 1. The van der Waals surface area contributed by atoms with Crippen molar-refractivity contribution in [3.8, 4) is 6.07 Å². The van der Waals surface area contributed by atoms with E-state index in [0.717, 1.165) is 25.7 Å². The standard InChI is InChI=1S/C16H19NO2/c1-2-16(18)19-15-9-7-14(8-10-15)13-5-3-12(11-17)4-6-13/h3-6,14-15H,2,7-10H2,1H3. The largest absolute Gasteiger partial charge is 0.462 e. The average Bonchev–Trinajstić information content (AvgIpc) is 2.48. The molecule has 100 valence electrons. The van der Waals surface area contributed by atoms with Gasteiger partial charge in [-0.15, -0.1) is 0 Å². The fraction of sp³-hybridized carbons (Fsp3) is 0.500. The molecule has 0 amide bonds. The predicted octanol–water partition coefficient (Wildman–Crippen LogP) is 3.54. The number of carbonyl (C=O) groups excluding carboxylic acids is 1. The molecule has 1 fully saturated rings. The van der Waals surface area contributed by atoms with Crippen LogP contribution in [0.1, 0.15) is 56.1 Å². The van der Waals surface area contributed by atoms with Crippen LogP contribution in [0, 0.1) is 11.3 Å². The number of hydrogen-bond acceptors (Lipinski definition) is 3. The summed E-state index contributed by atoms with van der Waals surface area (Å²) < 4.78 is 5.38. The van der Waals surface area contributed by atoms with Crippen LogP contribution in [0.15, 0.2) is 24.3 Å². The molecule has 0 atom stereocenters. The molecule has 0 radical (unpaired) electrons. The Morgan fingerprint density at radius 2 is 1.89 bits per heavy atom. The number of nitriles is 1. The van der Waals surface area contributed by atoms with Crippen molar-refractivity contribution in [1.82, 2.24) is 0 Å². The molecule has 0 spiro atoms. The first kappa shape index (κ1) is 13.6. The number of rotatable bonds is 3. The molecule has 0 saturated heterocycles. The highest BCUT2D eigenvalue weighted by molar-refractivity contribution is 5.69. The maximum absolute atomic E-state index is 11.2. The van der Waals surface area contributed by atoms with Crippen molar-refractivity contribution in [3.63, 3.8) is 0 Å². The van der Waals surface area contributed by atoms with Crippen molar-refractivity contribution < 1.29 is 9.53 Å². The zero-order valence-electron chi connectivity index (χ0n) is 11.3. The van der Waals surface area contributed by atoms with Crippen molar-refractivity contribution in [1.29, 1.82) is 5.26 Å². The SMILES string of the molecule is CCC(=O)OC1CCC(c2ccc(C#N)cc2)CC1. The van der Waals surface area contributed by atoms with Gasteiger partial charge < -0.3 is 4.74 Å². The predicted molar refractivity (Wildman–Crippen MR) is 72.5 cm³/mol. The number of benzene rings is 1. The van der Waals surface area contributed by atoms with Gasteiger partial charge in [0.1, 0.15) is 6.10 Å². The zero-order chi connectivity index (χ0) is 13.7. The number of hydrogen-bond donors (Lipinski definition) is 0. The van der Waals surface area contributed by atoms with Gasteiger partial charge in [-0.1, -0.05) is 19.1 Å². The van der Waals surface area contributed by atoms with Gasteiger partial charge >= 0.3 is 5.97 Å². The Bertz CT molecular complexity index is 465. The van der Waals surface area contributed by atoms with Gasteiger partial charge in [-0.05, 0) is 49.3 Å². The Morgan fingerprint density at radius 3 is 2.42 bits per heavy atom. The van der Waals surface area contributed by atoms with Gasteiger partial charge in [-0.2, -0.15) is 5.26 Å². The molecular formula is C16H19NO2. The molecule has 0 aliphatic heterocycles. The third-order valence-electron chi connectivity index (χ3n) is 3.77. The lowest BCUT2D eigenvalue weighted by molar-refractivity contribution is -0.150. The Kier molecular flexibility index (Phi) is 4.57. The normalized spacial score (nSPS) is 22.5. The van der Waals surface area contributed by atoms with Crippen molar-refractivity contribution in [2.45, 2.75) is 51.0 Å². The summed E-state index contributed by atoms with van der Waals surface area (Å²) in [6.45, 7) is 1.82. The molecule has 0 bridgehead atoms. The van der Waals surface area contributed by atoms with Crippen molar-refractivity contribution in [2.24, 2.45) is 0 Å². The zero-order valence-corrected chi connectivity index (χ0v) is 11.3. The summed E-state index contributed by atoms with van der Waals surface area (Å²) in [6, 6.07) is 9.97. The van der Waals surface area contributed by atoms with Gasteiger partial charge in [0.15, 0.2) is 0 Å². The summed E-state index contributed by atoms with van der Waals surface area (Å²) >= 11 is 0. The minimum atomic E-state index is -0.0955. The summed E-state index contributed by atoms with van der Waals surface area (Å²) in [5, 5.41) is 8.78. The molecule has 1 aromatic carbocycles. The molecule has 1 aliphatic carbocycles. The number of ether oxygens (including phenoxy) is 1. The molecule has 1 saturated carbocycles. The summed E-state index contributed by atoms with van der Waals surface area (Å²) in [7, 11) is 0. The Hall–Kier alpha value is -1.82. The first-order valence-corrected chi connectivity index (χ1v) is 6.92. The van der Waals surface area contributed by atoms with Gasteiger partial charge in [-0.25, -0.2) is 0 Å². The van der Waals surface area contributed by atoms with E-state index in [0.29, 0.717) is 17.9 Å². The lowest BCUT2D eigenvalue weighted by Crippen LogP contribution is -2.23. The van der Waals surface area contributed by atoms with E-state index >= 15 is 0 Å². The second-order valence-electron chi connectivity index (χ2n) is 5.05. The van der Waals surface area contributed by atoms with Crippen LogP contribution < -0.4 is 0 Å². The van der Waals surface area contributed by atoms with E-state index in [1.807, 2.05) is 31.2 Å². The Morgan fingerprint density at radius 1 is 1.26 bits per heavy atom. The van der Waals surface area contributed by atoms with Crippen LogP contribution in [0.3, 0.4) is 0 Å². The van der Waals surface area contributed by atoms with Gasteiger partial charge in [0.25, 0.3) is 0 Å². The van der Waals surface area contributed by atoms with Crippen molar-refractivity contribution >= 4 is 5.97 Å². The molecule has 3 heteroatoms. The fourth-order valence-electron chi connectivity index (χ4n) is 2.61. The summed E-state index contributed by atoms with van der Waals surface area (Å²) in [6.07, 6.45) is 4.53. The lowest BCUT2D eigenvalue weighted by atomic mass is 9.82. The summed E-state index contributed by atoms with van der Waals surface area (Å²) in [5.74, 6) is 0.436. The van der Waals surface area contributed by atoms with Crippen LogP contribution in [-0.4, -0.2) is 12.1 Å². The fourth-order valence-corrected chi connectivity index (χ4v) is 2.61. The first-order valence-electron chi connectivity index (χ1n) is 6.92. The maximum Gasteiger partial charge on any atom is 0.305 e. The molecule has 19 heavy (non-hydrogen) atoms. The third kappa shape index (κ3) is 3.57. The van der Waals surface area contributed by atoms with Gasteiger partial charge in [0, 0.05) is 6.42 Å². The quantitative estimate of drug-likeness (QED) is 0.778. The molecule has 0 N–H and O–H groups in total. The highest BCUT2D eigenvalue weighted by atomic mass is 16.5. The topological polar surface area (TPSA) is 50.1 Å². The molecular weight excluding hydrogens is 238 g/mol. The van der Waals surface area contributed by atoms with Gasteiger partial charge in [-0.3, -0.25) is 4.79 Å². The van der Waals surface area contributed by atoms with Crippen LogP contribution in [-0.2, 0) is 9.53 Å². The molecule has 0 unspecified atom stereocenters. The minimum absolute atomic E-state index is 0.0955. The smallest absolute Gasteiger partial charge is 0.305 e. The highest BCUT2D eigenvalue weighted by Gasteiger charge is 2.24. The van der Waals surface area contributed by atoms with E-state index < -0.39 is 0 Å². The molecule has 2 rings (SSSR count). The van der Waals surface area contributed by atoms with Crippen molar-refractivity contribution in [2.75, 3.05) is 0 Å². The maximum atomic E-state index is 11.2. The van der Waals surface area contributed by atoms with Crippen molar-refractivity contribution in [3.05, 3.63) is 35.4 Å². The summed E-state index contributed by atoms with van der Waals surface area (Å²) in [4.78, 5) is 11.2. The molecule has 3 nitrogen and oxygen atoms in total. The Labute approximate surface area is 114 Å². The second-order valence-corrected chi connectivity index (χ2v) is 5.05. The summed E-state index contributed by atoms with van der Waals surface area (Å²) in [5.41, 5.74) is 1.99. The van der Waals surface area contributed by atoms with Crippen LogP contribution in [0.2, 0.25) is 0 Å². The molecule has 1 aromatic rings. The Balaban J connectivity index is 1.89. The molecule has 1 aliphatic rings. The lowest BCUT2D eigenvalue weighted by Gasteiger charge is -2.28. The molecule has 0 aromatic heterocycles. The van der Waals surface area contributed by atoms with Gasteiger partial charge in [0.2, 0.25) is 0 Å². The van der Waals surface area contributed by atoms with E-state index in [9.17, 15) is 4.79 Å². The van der Waals surface area contributed by atoms with Crippen LogP contribution in [0.25, 0.3) is 0 Å². The van der Waals surface area contributed by atoms with E-state index in [2.05, 4.69) is 6.07 Å². The third-order valence-corrected chi connectivity index (χ3v) is 3.77. The van der Waals surface area contributed by atoms with Crippen LogP contribution in [0.5, 0.6) is 0 Å². The number of carbonyl (C=O) groups is 1. The second kappa shape index (κ2) is 6.38. The number of nitrogens with zero attached hydrogens (tertiary/aromatic N) is 1. The highest BCUT2D eigenvalue weighted by Crippen LogP contribution is 2.34. The minimum Gasteiger partial charge on any atom is -0.462 e. The van der Waals surface area contributed by atoms with E-state index in [1.165, 1.54) is 5.56 Å². The monoisotopic (exact) mass is 257 g/mol. The molecule has 0 heterocycles. The van der Waals surface area contributed by atoms with Crippen LogP contribution in [0.4, 0.5) is 0 Å². The van der Waals surface area contributed by atoms with Gasteiger partial charge in [0.05, 0.1) is 11.6 Å².